The lowest BCUT2D eigenvalue weighted by atomic mass is 9.78. The lowest BCUT2D eigenvalue weighted by molar-refractivity contribution is -0.160. The average molecular weight is 821 g/mol. The SMILES string of the molecule is CO[C@H]1/C=C/O[C@@]2(C)Oc3c(C)c(O)c4c(c3C2=O)C(=O)C(/C=N\N2CCN(C)CC2)=C(NC(=O)/C(C)=C/C=C/[C@H](C)[C@H](O)[C@@H](C)[C@@H](O)[C@@H](C)[C@H](OC(C)=O)[C@@H]1C)C4=O. The highest BCUT2D eigenvalue weighted by molar-refractivity contribution is 6.37. The number of carbonyl (C=O) groups excluding carboxylic acids is 5. The number of likely N-dealkylation sites (N-methyl/N-ethyl adjacent to an activating group) is 1. The maximum Gasteiger partial charge on any atom is 0.312 e. The monoisotopic (exact) mass is 820 g/mol. The van der Waals surface area contributed by atoms with Crippen molar-refractivity contribution in [3.05, 3.63) is 69.7 Å². The van der Waals surface area contributed by atoms with E-state index in [-0.39, 0.29) is 28.0 Å². The van der Waals surface area contributed by atoms with Gasteiger partial charge < -0.3 is 44.5 Å². The third kappa shape index (κ3) is 8.91. The van der Waals surface area contributed by atoms with Gasteiger partial charge in [-0.25, -0.2) is 0 Å². The number of phenols is 1. The molecule has 0 spiro atoms. The zero-order chi connectivity index (χ0) is 43.7. The number of ether oxygens (including phenoxy) is 4. The molecule has 4 aliphatic heterocycles. The summed E-state index contributed by atoms with van der Waals surface area (Å²) in [6.07, 6.45) is 4.56. The number of fused-ring (bicyclic) bond motifs is 14. The molecule has 16 nitrogen and oxygen atoms in total. The molecule has 0 unspecified atom stereocenters. The van der Waals surface area contributed by atoms with Gasteiger partial charge in [-0.1, -0.05) is 45.9 Å². The van der Waals surface area contributed by atoms with Crippen LogP contribution in [-0.4, -0.2) is 131 Å². The number of piperazine rings is 1. The van der Waals surface area contributed by atoms with Gasteiger partial charge in [-0.15, -0.1) is 0 Å². The number of hydrogen-bond acceptors (Lipinski definition) is 15. The number of aliphatic hydroxyl groups is 2. The lowest BCUT2D eigenvalue weighted by Crippen LogP contribution is -2.46. The quantitative estimate of drug-likeness (QED) is 0.254. The second-order valence-electron chi connectivity index (χ2n) is 16.1. The first-order chi connectivity index (χ1) is 27.7. The number of esters is 1. The number of hydrazone groups is 1. The van der Waals surface area contributed by atoms with E-state index in [0.29, 0.717) is 26.2 Å². The molecule has 1 aromatic carbocycles. The second-order valence-corrected chi connectivity index (χ2v) is 16.1. The summed E-state index contributed by atoms with van der Waals surface area (Å²) in [7, 11) is 3.39. The van der Waals surface area contributed by atoms with Crippen LogP contribution in [-0.2, 0) is 23.8 Å². The highest BCUT2D eigenvalue weighted by Gasteiger charge is 2.52. The number of methoxy groups -OCH3 is 1. The Morgan fingerprint density at radius 2 is 1.61 bits per heavy atom. The van der Waals surface area contributed by atoms with Crippen molar-refractivity contribution in [1.29, 1.82) is 0 Å². The van der Waals surface area contributed by atoms with Crippen molar-refractivity contribution >= 4 is 35.4 Å². The van der Waals surface area contributed by atoms with Crippen molar-refractivity contribution in [3.63, 3.8) is 0 Å². The van der Waals surface area contributed by atoms with Crippen molar-refractivity contribution in [2.24, 2.45) is 28.8 Å². The number of nitrogens with zero attached hydrogens (tertiary/aromatic N) is 3. The molecule has 0 radical (unpaired) electrons. The fourth-order valence-electron chi connectivity index (χ4n) is 7.89. The van der Waals surface area contributed by atoms with Gasteiger partial charge in [0.1, 0.15) is 23.3 Å². The smallest absolute Gasteiger partial charge is 0.312 e. The predicted molar refractivity (Wildman–Crippen MR) is 216 cm³/mol. The number of rotatable bonds is 4. The van der Waals surface area contributed by atoms with Crippen molar-refractivity contribution in [2.45, 2.75) is 85.6 Å². The van der Waals surface area contributed by atoms with Crippen molar-refractivity contribution < 1.29 is 58.2 Å². The Labute approximate surface area is 344 Å². The number of aromatic hydroxyl groups is 1. The third-order valence-electron chi connectivity index (χ3n) is 11.8. The maximum atomic E-state index is 14.6. The Bertz CT molecular complexity index is 2030. The molecule has 59 heavy (non-hydrogen) atoms. The molecule has 9 atom stereocenters. The minimum Gasteiger partial charge on any atom is -0.507 e. The van der Waals surface area contributed by atoms with Crippen molar-refractivity contribution in [2.75, 3.05) is 40.3 Å². The largest absolute Gasteiger partial charge is 0.507 e. The molecule has 0 aromatic heterocycles. The molecule has 4 heterocycles. The zero-order valence-electron chi connectivity index (χ0n) is 35.3. The molecule has 1 aromatic rings. The predicted octanol–water partition coefficient (Wildman–Crippen LogP) is 3.23. The number of amides is 1. The van der Waals surface area contributed by atoms with Crippen LogP contribution in [0.25, 0.3) is 0 Å². The van der Waals surface area contributed by atoms with E-state index in [0.717, 1.165) is 0 Å². The number of benzene rings is 1. The van der Waals surface area contributed by atoms with E-state index in [2.05, 4.69) is 15.3 Å². The molecular formula is C43H56N4O12. The van der Waals surface area contributed by atoms with Gasteiger partial charge in [0.25, 0.3) is 11.7 Å². The summed E-state index contributed by atoms with van der Waals surface area (Å²) < 4.78 is 23.5. The summed E-state index contributed by atoms with van der Waals surface area (Å²) >= 11 is 0. The Kier molecular flexibility index (Phi) is 13.7. The van der Waals surface area contributed by atoms with Crippen LogP contribution >= 0.6 is 0 Å². The van der Waals surface area contributed by atoms with Crippen molar-refractivity contribution in [1.82, 2.24) is 15.2 Å². The third-order valence-corrected chi connectivity index (χ3v) is 11.8. The molecule has 1 saturated heterocycles. The number of Topliss-reactive ketones (excluding diaryl/α,β-unsaturated/α-hetero) is 3. The number of carbonyl (C=O) groups is 5. The number of ketones is 3. The maximum absolute atomic E-state index is 14.6. The number of hydrogen-bond donors (Lipinski definition) is 4. The van der Waals surface area contributed by atoms with E-state index in [4.69, 9.17) is 18.9 Å². The van der Waals surface area contributed by atoms with Gasteiger partial charge in [0, 0.05) is 81.9 Å². The topological polar surface area (TPSA) is 214 Å². The van der Waals surface area contributed by atoms with Gasteiger partial charge >= 0.3 is 11.8 Å². The molecular weight excluding hydrogens is 764 g/mol. The summed E-state index contributed by atoms with van der Waals surface area (Å²) in [5, 5.41) is 43.1. The van der Waals surface area contributed by atoms with Crippen molar-refractivity contribution in [3.8, 4) is 11.5 Å². The van der Waals surface area contributed by atoms with Gasteiger partial charge in [0.15, 0.2) is 5.78 Å². The van der Waals surface area contributed by atoms with Gasteiger partial charge in [0.05, 0.1) is 53.1 Å². The van der Waals surface area contributed by atoms with Gasteiger partial charge in [0.2, 0.25) is 5.78 Å². The van der Waals surface area contributed by atoms with E-state index in [1.54, 1.807) is 44.9 Å². The Hall–Kier alpha value is -5.16. The Balaban J connectivity index is 1.66. The van der Waals surface area contributed by atoms with E-state index >= 15 is 0 Å². The number of nitrogens with one attached hydrogen (secondary N) is 1. The van der Waals surface area contributed by atoms with E-state index in [1.165, 1.54) is 59.4 Å². The molecule has 0 saturated carbocycles. The van der Waals surface area contributed by atoms with Crippen LogP contribution in [0.15, 0.2) is 52.5 Å². The van der Waals surface area contributed by atoms with Crippen LogP contribution in [0.3, 0.4) is 0 Å². The van der Waals surface area contributed by atoms with Gasteiger partial charge in [-0.2, -0.15) is 5.10 Å². The first kappa shape index (κ1) is 44.9. The summed E-state index contributed by atoms with van der Waals surface area (Å²) in [5.74, 6) is -9.34. The Morgan fingerprint density at radius 1 is 0.949 bits per heavy atom. The van der Waals surface area contributed by atoms with Crippen LogP contribution in [0, 0.1) is 30.6 Å². The van der Waals surface area contributed by atoms with E-state index in [1.807, 2.05) is 7.05 Å². The van der Waals surface area contributed by atoms with E-state index < -0.39 is 106 Å². The standard InChI is InChI=1S/C43H56N4O12/c1-21-12-11-13-22(2)42(55)45-33-28(20-44-47-17-15-46(9)16-18-47)37(52)30-31(38(33)53)36(51)26(6)40-32(30)41(54)43(8,59-40)57-19-14-29(56-10)23(3)39(58-27(7)48)25(5)35(50)24(4)34(21)49/h11-14,19-21,23-25,29,34-35,39,49-51H,15-18H2,1-10H3,(H,45,55)/b12-11+,19-14+,22-13+,44-20-/t21-,23+,24+,25+,29-,34-,35+,39+,43-/m0/s1. The normalized spacial score (nSPS) is 33.3. The zero-order valence-corrected chi connectivity index (χ0v) is 35.3. The fourth-order valence-corrected chi connectivity index (χ4v) is 7.89. The first-order valence-electron chi connectivity index (χ1n) is 19.7. The van der Waals surface area contributed by atoms with Crippen LogP contribution in [0.2, 0.25) is 0 Å². The highest BCUT2D eigenvalue weighted by Crippen LogP contribution is 2.48. The highest BCUT2D eigenvalue weighted by atomic mass is 16.7. The minimum absolute atomic E-state index is 0.0118. The molecule has 320 valence electrons. The van der Waals surface area contributed by atoms with Gasteiger partial charge in [-0.05, 0) is 27.0 Å². The number of allylic oxidation sites excluding steroid dienone is 4. The fraction of sp³-hybridized carbons (Fsp3) is 0.535. The molecule has 5 bridgehead atoms. The van der Waals surface area contributed by atoms with Gasteiger partial charge in [-0.3, -0.25) is 29.0 Å². The summed E-state index contributed by atoms with van der Waals surface area (Å²) in [5.41, 5.74) is -1.82. The number of phenolic OH excluding ortho intramolecular Hbond substituents is 1. The first-order valence-corrected chi connectivity index (χ1v) is 19.7. The molecule has 1 aliphatic carbocycles. The molecule has 16 heteroatoms. The molecule has 1 amide bonds. The molecule has 5 aliphatic rings. The minimum atomic E-state index is -2.09. The summed E-state index contributed by atoms with van der Waals surface area (Å²) in [6.45, 7) is 14.8. The summed E-state index contributed by atoms with van der Waals surface area (Å²) in [4.78, 5) is 71.6. The molecule has 6 rings (SSSR count). The average Bonchev–Trinajstić information content (AvgIpc) is 3.46. The lowest BCUT2D eigenvalue weighted by Gasteiger charge is -2.38. The van der Waals surface area contributed by atoms with Crippen LogP contribution in [0.4, 0.5) is 0 Å². The summed E-state index contributed by atoms with van der Waals surface area (Å²) in [6, 6.07) is 0. The van der Waals surface area contributed by atoms with Crippen LogP contribution in [0.5, 0.6) is 11.5 Å². The van der Waals surface area contributed by atoms with Crippen LogP contribution in [0.1, 0.15) is 85.1 Å². The Morgan fingerprint density at radius 3 is 2.24 bits per heavy atom. The van der Waals surface area contributed by atoms with E-state index in [9.17, 15) is 39.3 Å². The molecule has 4 N–H and O–H groups in total. The molecule has 1 fully saturated rings. The number of aliphatic hydroxyl groups excluding tert-OH is 2. The second kappa shape index (κ2) is 18.0. The van der Waals surface area contributed by atoms with Crippen LogP contribution < -0.4 is 10.1 Å².